The van der Waals surface area contributed by atoms with Crippen molar-refractivity contribution >= 4 is 27.1 Å². The fraction of sp³-hybridized carbons (Fsp3) is 0.389. The van der Waals surface area contributed by atoms with Crippen LogP contribution in [0.3, 0.4) is 0 Å². The van der Waals surface area contributed by atoms with Gasteiger partial charge in [0.2, 0.25) is 0 Å². The lowest BCUT2D eigenvalue weighted by atomic mass is 10.1. The summed E-state index contributed by atoms with van der Waals surface area (Å²) in [5.74, 6) is 0.475. The number of methoxy groups -OCH3 is 1. The molecule has 1 aromatic carbocycles. The average molecular weight is 380 g/mol. The minimum Gasteiger partial charge on any atom is -0.496 e. The van der Waals surface area contributed by atoms with E-state index in [1.54, 1.807) is 34.4 Å². The number of thiophene rings is 1. The molecule has 1 atom stereocenters. The second kappa shape index (κ2) is 7.17. The van der Waals surface area contributed by atoms with E-state index >= 15 is 0 Å². The van der Waals surface area contributed by atoms with Crippen molar-refractivity contribution in [1.82, 2.24) is 4.90 Å². The molecular weight excluding hydrogens is 358 g/mol. The van der Waals surface area contributed by atoms with Gasteiger partial charge in [-0.2, -0.15) is 0 Å². The summed E-state index contributed by atoms with van der Waals surface area (Å²) in [7, 11) is -1.55. The zero-order valence-corrected chi connectivity index (χ0v) is 15.9. The van der Waals surface area contributed by atoms with Crippen molar-refractivity contribution in [3.8, 4) is 5.75 Å². The largest absolute Gasteiger partial charge is 0.496 e. The number of nitrogens with zero attached hydrogens (tertiary/aromatic N) is 1. The Morgan fingerprint density at radius 2 is 2.08 bits per heavy atom. The lowest BCUT2D eigenvalue weighted by Crippen LogP contribution is -2.40. The van der Waals surface area contributed by atoms with Crippen LogP contribution in [0.2, 0.25) is 0 Å². The minimum absolute atomic E-state index is 0.0261. The van der Waals surface area contributed by atoms with Gasteiger partial charge in [0.05, 0.1) is 30.7 Å². The zero-order chi connectivity index (χ0) is 18.0. The summed E-state index contributed by atoms with van der Waals surface area (Å²) >= 11 is 1.58. The summed E-state index contributed by atoms with van der Waals surface area (Å²) in [6, 6.07) is 8.77. The van der Waals surface area contributed by atoms with Gasteiger partial charge in [-0.3, -0.25) is 4.79 Å². The first-order valence-corrected chi connectivity index (χ1v) is 10.8. The van der Waals surface area contributed by atoms with E-state index in [0.717, 1.165) is 10.4 Å². The molecule has 1 amide bonds. The molecule has 1 saturated heterocycles. The molecule has 7 heteroatoms. The monoisotopic (exact) mass is 379 g/mol. The van der Waals surface area contributed by atoms with Crippen molar-refractivity contribution in [2.24, 2.45) is 0 Å². The summed E-state index contributed by atoms with van der Waals surface area (Å²) in [5.41, 5.74) is 1.58. The van der Waals surface area contributed by atoms with Gasteiger partial charge in [-0.25, -0.2) is 8.42 Å². The number of aryl methyl sites for hydroxylation is 1. The topological polar surface area (TPSA) is 63.7 Å². The smallest absolute Gasteiger partial charge is 0.258 e. The predicted molar refractivity (Wildman–Crippen MR) is 99.0 cm³/mol. The molecule has 134 valence electrons. The van der Waals surface area contributed by atoms with Gasteiger partial charge < -0.3 is 9.64 Å². The third kappa shape index (κ3) is 3.88. The highest BCUT2D eigenvalue weighted by Gasteiger charge is 2.36. The van der Waals surface area contributed by atoms with Crippen molar-refractivity contribution in [2.45, 2.75) is 25.9 Å². The molecule has 0 saturated carbocycles. The van der Waals surface area contributed by atoms with Gasteiger partial charge in [0.15, 0.2) is 9.84 Å². The summed E-state index contributed by atoms with van der Waals surface area (Å²) in [6.07, 6.45) is 0.480. The van der Waals surface area contributed by atoms with Gasteiger partial charge in [0, 0.05) is 10.9 Å². The van der Waals surface area contributed by atoms with Crippen LogP contribution in [0, 0.1) is 6.92 Å². The SMILES string of the molecule is COc1ccccc1C(=O)N(Cc1sccc1C)[C@H]1CCS(=O)(=O)C1. The maximum atomic E-state index is 13.2. The van der Waals surface area contributed by atoms with Crippen LogP contribution in [0.15, 0.2) is 35.7 Å². The Kier molecular flexibility index (Phi) is 5.15. The number of amides is 1. The molecule has 2 aromatic rings. The molecule has 1 aliphatic heterocycles. The lowest BCUT2D eigenvalue weighted by Gasteiger charge is -2.29. The molecule has 2 heterocycles. The molecule has 0 N–H and O–H groups in total. The molecule has 0 spiro atoms. The third-order valence-corrected chi connectivity index (χ3v) is 7.29. The molecule has 0 radical (unpaired) electrons. The normalized spacial score (nSPS) is 18.9. The second-order valence-corrected chi connectivity index (χ2v) is 9.45. The van der Waals surface area contributed by atoms with E-state index in [1.807, 2.05) is 24.4 Å². The first kappa shape index (κ1) is 17.9. The van der Waals surface area contributed by atoms with Crippen molar-refractivity contribution in [3.63, 3.8) is 0 Å². The molecule has 1 fully saturated rings. The van der Waals surface area contributed by atoms with E-state index in [-0.39, 0.29) is 23.5 Å². The van der Waals surface area contributed by atoms with Crippen LogP contribution in [-0.2, 0) is 16.4 Å². The number of carbonyl (C=O) groups excluding carboxylic acids is 1. The number of hydrogen-bond donors (Lipinski definition) is 0. The standard InChI is InChI=1S/C18H21NO4S2/c1-13-7-9-24-17(13)11-19(14-8-10-25(21,22)12-14)18(20)15-5-3-4-6-16(15)23-2/h3-7,9,14H,8,10-12H2,1-2H3/t14-/m0/s1. The Balaban J connectivity index is 1.95. The number of carbonyl (C=O) groups is 1. The van der Waals surface area contributed by atoms with Crippen molar-refractivity contribution in [1.29, 1.82) is 0 Å². The third-order valence-electron chi connectivity index (χ3n) is 4.53. The molecule has 0 unspecified atom stereocenters. The molecule has 5 nitrogen and oxygen atoms in total. The van der Waals surface area contributed by atoms with Gasteiger partial charge in [-0.05, 0) is 42.5 Å². The number of ether oxygens (including phenoxy) is 1. The van der Waals surface area contributed by atoms with E-state index < -0.39 is 9.84 Å². The minimum atomic E-state index is -3.08. The Bertz CT molecular complexity index is 873. The van der Waals surface area contributed by atoms with Crippen molar-refractivity contribution in [3.05, 3.63) is 51.7 Å². The molecule has 1 aromatic heterocycles. The maximum Gasteiger partial charge on any atom is 0.258 e. The first-order valence-electron chi connectivity index (χ1n) is 8.08. The Morgan fingerprint density at radius 3 is 2.68 bits per heavy atom. The predicted octanol–water partition coefficient (Wildman–Crippen LogP) is 2.89. The van der Waals surface area contributed by atoms with Crippen LogP contribution < -0.4 is 4.74 Å². The Labute approximate surface area is 152 Å². The van der Waals surface area contributed by atoms with E-state index in [9.17, 15) is 13.2 Å². The van der Waals surface area contributed by atoms with Gasteiger partial charge in [0.1, 0.15) is 5.75 Å². The summed E-state index contributed by atoms with van der Waals surface area (Å²) in [5, 5.41) is 1.99. The highest BCUT2D eigenvalue weighted by Crippen LogP contribution is 2.28. The van der Waals surface area contributed by atoms with Crippen LogP contribution in [0.1, 0.15) is 27.2 Å². The van der Waals surface area contributed by atoms with Gasteiger partial charge in [-0.15, -0.1) is 11.3 Å². The zero-order valence-electron chi connectivity index (χ0n) is 14.3. The van der Waals surface area contributed by atoms with E-state index in [4.69, 9.17) is 4.74 Å². The summed E-state index contributed by atoms with van der Waals surface area (Å²) < 4.78 is 29.2. The molecule has 0 aliphatic carbocycles. The number of benzene rings is 1. The van der Waals surface area contributed by atoms with Crippen LogP contribution in [0.4, 0.5) is 0 Å². The van der Waals surface area contributed by atoms with Crippen LogP contribution in [0.5, 0.6) is 5.75 Å². The molecule has 0 bridgehead atoms. The van der Waals surface area contributed by atoms with Crippen LogP contribution >= 0.6 is 11.3 Å². The Morgan fingerprint density at radius 1 is 1.32 bits per heavy atom. The van der Waals surface area contributed by atoms with E-state index in [0.29, 0.717) is 24.3 Å². The molecular formula is C18H21NO4S2. The Hall–Kier alpha value is -1.86. The summed E-state index contributed by atoms with van der Waals surface area (Å²) in [6.45, 7) is 2.42. The second-order valence-electron chi connectivity index (χ2n) is 6.22. The lowest BCUT2D eigenvalue weighted by molar-refractivity contribution is 0.0679. The summed E-state index contributed by atoms with van der Waals surface area (Å²) in [4.78, 5) is 16.0. The molecule has 1 aliphatic rings. The van der Waals surface area contributed by atoms with Crippen LogP contribution in [0.25, 0.3) is 0 Å². The van der Waals surface area contributed by atoms with Crippen molar-refractivity contribution in [2.75, 3.05) is 18.6 Å². The first-order chi connectivity index (χ1) is 11.9. The number of hydrogen-bond acceptors (Lipinski definition) is 5. The quantitative estimate of drug-likeness (QED) is 0.801. The van der Waals surface area contributed by atoms with Crippen molar-refractivity contribution < 1.29 is 17.9 Å². The molecule has 3 rings (SSSR count). The maximum absolute atomic E-state index is 13.2. The van der Waals surface area contributed by atoms with Gasteiger partial charge in [-0.1, -0.05) is 12.1 Å². The highest BCUT2D eigenvalue weighted by molar-refractivity contribution is 7.91. The van der Waals surface area contributed by atoms with E-state index in [2.05, 4.69) is 0 Å². The van der Waals surface area contributed by atoms with E-state index in [1.165, 1.54) is 7.11 Å². The highest BCUT2D eigenvalue weighted by atomic mass is 32.2. The van der Waals surface area contributed by atoms with Crippen LogP contribution in [-0.4, -0.2) is 43.9 Å². The van der Waals surface area contributed by atoms with Gasteiger partial charge >= 0.3 is 0 Å². The molecule has 25 heavy (non-hydrogen) atoms. The fourth-order valence-electron chi connectivity index (χ4n) is 3.08. The fourth-order valence-corrected chi connectivity index (χ4v) is 5.72. The number of rotatable bonds is 5. The average Bonchev–Trinajstić information content (AvgIpc) is 3.16. The number of para-hydroxylation sites is 1. The van der Waals surface area contributed by atoms with Gasteiger partial charge in [0.25, 0.3) is 5.91 Å². The number of sulfone groups is 1.